The Morgan fingerprint density at radius 1 is 1.45 bits per heavy atom. The zero-order chi connectivity index (χ0) is 15.8. The predicted octanol–water partition coefficient (Wildman–Crippen LogP) is 2.96. The highest BCUT2D eigenvalue weighted by Gasteiger charge is 2.22. The minimum absolute atomic E-state index is 0.239. The summed E-state index contributed by atoms with van der Waals surface area (Å²) in [4.78, 5) is 14.3. The van der Waals surface area contributed by atoms with Crippen LogP contribution in [0.2, 0.25) is 5.02 Å². The van der Waals surface area contributed by atoms with Crippen molar-refractivity contribution < 1.29 is 9.53 Å². The number of halogens is 1. The maximum Gasteiger partial charge on any atom is 0.222 e. The van der Waals surface area contributed by atoms with E-state index in [4.69, 9.17) is 16.3 Å². The first-order chi connectivity index (χ1) is 10.7. The summed E-state index contributed by atoms with van der Waals surface area (Å²) in [5, 5.41) is 3.81. The van der Waals surface area contributed by atoms with Gasteiger partial charge in [-0.2, -0.15) is 0 Å². The monoisotopic (exact) mass is 324 g/mol. The van der Waals surface area contributed by atoms with E-state index in [2.05, 4.69) is 5.32 Å². The number of ether oxygens (including phenoxy) is 1. The number of amides is 1. The van der Waals surface area contributed by atoms with E-state index in [9.17, 15) is 4.79 Å². The number of hydrogen-bond acceptors (Lipinski definition) is 3. The number of carbonyl (C=O) groups excluding carboxylic acids is 1. The zero-order valence-electron chi connectivity index (χ0n) is 13.2. The maximum absolute atomic E-state index is 12.3. The van der Waals surface area contributed by atoms with E-state index in [0.717, 1.165) is 32.5 Å². The number of piperidine rings is 1. The third kappa shape index (κ3) is 5.18. The van der Waals surface area contributed by atoms with Gasteiger partial charge in [0.2, 0.25) is 5.91 Å². The van der Waals surface area contributed by atoms with Gasteiger partial charge in [0.05, 0.1) is 11.6 Å². The van der Waals surface area contributed by atoms with Gasteiger partial charge in [-0.25, -0.2) is 0 Å². The Morgan fingerprint density at radius 2 is 2.27 bits per heavy atom. The van der Waals surface area contributed by atoms with E-state index < -0.39 is 0 Å². The molecule has 1 fully saturated rings. The number of hydrogen-bond donors (Lipinski definition) is 1. The molecule has 0 unspecified atom stereocenters. The number of para-hydroxylation sites is 1. The second kappa shape index (κ2) is 9.01. The van der Waals surface area contributed by atoms with E-state index in [1.807, 2.05) is 30.1 Å². The molecule has 4 nitrogen and oxygen atoms in total. The van der Waals surface area contributed by atoms with Crippen molar-refractivity contribution in [1.82, 2.24) is 10.2 Å². The minimum atomic E-state index is 0.239. The number of rotatable bonds is 7. The van der Waals surface area contributed by atoms with Gasteiger partial charge in [-0.3, -0.25) is 4.79 Å². The fourth-order valence-electron chi connectivity index (χ4n) is 2.87. The molecule has 0 aliphatic carbocycles. The van der Waals surface area contributed by atoms with Gasteiger partial charge in [0.25, 0.3) is 0 Å². The molecule has 1 atom stereocenters. The van der Waals surface area contributed by atoms with Crippen LogP contribution < -0.4 is 10.1 Å². The average molecular weight is 325 g/mol. The number of carbonyl (C=O) groups is 1. The van der Waals surface area contributed by atoms with Gasteiger partial charge in [0.1, 0.15) is 5.75 Å². The van der Waals surface area contributed by atoms with Crippen molar-refractivity contribution in [2.24, 2.45) is 5.92 Å². The number of nitrogens with zero attached hydrogens (tertiary/aromatic N) is 1. The van der Waals surface area contributed by atoms with Crippen molar-refractivity contribution >= 4 is 17.5 Å². The Morgan fingerprint density at radius 3 is 3.05 bits per heavy atom. The molecular weight excluding hydrogens is 300 g/mol. The van der Waals surface area contributed by atoms with E-state index in [1.165, 1.54) is 6.42 Å². The van der Waals surface area contributed by atoms with Crippen molar-refractivity contribution in [1.29, 1.82) is 0 Å². The standard InChI is InChI=1S/C17H25ClN2O2/c1-19-12-14-6-4-10-20(13-14)17(21)9-5-11-22-16-8-3-2-7-15(16)18/h2-3,7-8,14,19H,4-6,9-13H2,1H3/t14-/m1/s1. The van der Waals surface area contributed by atoms with Crippen LogP contribution in [0.25, 0.3) is 0 Å². The van der Waals surface area contributed by atoms with Gasteiger partial charge >= 0.3 is 0 Å². The molecule has 0 spiro atoms. The van der Waals surface area contributed by atoms with Crippen molar-refractivity contribution in [2.45, 2.75) is 25.7 Å². The first-order valence-electron chi connectivity index (χ1n) is 8.00. The molecule has 22 heavy (non-hydrogen) atoms. The van der Waals surface area contributed by atoms with Crippen LogP contribution in [0, 0.1) is 5.92 Å². The van der Waals surface area contributed by atoms with Gasteiger partial charge in [-0.05, 0) is 50.9 Å². The van der Waals surface area contributed by atoms with Crippen molar-refractivity contribution in [3.8, 4) is 5.75 Å². The molecule has 1 aliphatic heterocycles. The van der Waals surface area contributed by atoms with Gasteiger partial charge in [0, 0.05) is 19.5 Å². The highest BCUT2D eigenvalue weighted by Crippen LogP contribution is 2.23. The van der Waals surface area contributed by atoms with Crippen molar-refractivity contribution in [2.75, 3.05) is 33.3 Å². The molecule has 1 N–H and O–H groups in total. The lowest BCUT2D eigenvalue weighted by atomic mass is 9.97. The average Bonchev–Trinajstić information content (AvgIpc) is 2.53. The Balaban J connectivity index is 1.68. The molecule has 1 aliphatic rings. The largest absolute Gasteiger partial charge is 0.492 e. The molecule has 0 bridgehead atoms. The van der Waals surface area contributed by atoms with Gasteiger partial charge in [0.15, 0.2) is 0 Å². The van der Waals surface area contributed by atoms with Gasteiger partial charge in [-0.15, -0.1) is 0 Å². The molecule has 2 rings (SSSR count). The molecule has 1 amide bonds. The zero-order valence-corrected chi connectivity index (χ0v) is 13.9. The lowest BCUT2D eigenvalue weighted by Gasteiger charge is -2.32. The fraction of sp³-hybridized carbons (Fsp3) is 0.588. The highest BCUT2D eigenvalue weighted by atomic mass is 35.5. The summed E-state index contributed by atoms with van der Waals surface area (Å²) in [6.07, 6.45) is 3.57. The first kappa shape index (κ1) is 17.1. The number of benzene rings is 1. The van der Waals surface area contributed by atoms with Crippen LogP contribution in [0.3, 0.4) is 0 Å². The summed E-state index contributed by atoms with van der Waals surface area (Å²) in [5.41, 5.74) is 0. The van der Waals surface area contributed by atoms with Crippen LogP contribution in [0.15, 0.2) is 24.3 Å². The first-order valence-corrected chi connectivity index (χ1v) is 8.38. The number of nitrogens with one attached hydrogen (secondary N) is 1. The van der Waals surface area contributed by atoms with E-state index in [-0.39, 0.29) is 5.91 Å². The third-order valence-electron chi connectivity index (χ3n) is 3.99. The number of likely N-dealkylation sites (tertiary alicyclic amines) is 1. The summed E-state index contributed by atoms with van der Waals surface area (Å²) in [6.45, 7) is 3.28. The summed E-state index contributed by atoms with van der Waals surface area (Å²) >= 11 is 6.03. The molecular formula is C17H25ClN2O2. The van der Waals surface area contributed by atoms with Crippen molar-refractivity contribution in [3.05, 3.63) is 29.3 Å². The summed E-state index contributed by atoms with van der Waals surface area (Å²) in [6, 6.07) is 7.41. The van der Waals surface area contributed by atoms with Crippen LogP contribution in [0.1, 0.15) is 25.7 Å². The van der Waals surface area contributed by atoms with Crippen LogP contribution in [0.4, 0.5) is 0 Å². The molecule has 0 aromatic heterocycles. The summed E-state index contributed by atoms with van der Waals surface area (Å²) < 4.78 is 5.62. The topological polar surface area (TPSA) is 41.6 Å². The Hall–Kier alpha value is -1.26. The molecule has 1 saturated heterocycles. The van der Waals surface area contributed by atoms with Gasteiger partial charge in [-0.1, -0.05) is 23.7 Å². The molecule has 1 aromatic rings. The van der Waals surface area contributed by atoms with Crippen molar-refractivity contribution in [3.63, 3.8) is 0 Å². The fourth-order valence-corrected chi connectivity index (χ4v) is 3.06. The van der Waals surface area contributed by atoms with Crippen LogP contribution >= 0.6 is 11.6 Å². The molecule has 0 radical (unpaired) electrons. The molecule has 0 saturated carbocycles. The normalized spacial score (nSPS) is 18.3. The second-order valence-corrected chi connectivity index (χ2v) is 6.20. The van der Waals surface area contributed by atoms with E-state index in [1.54, 1.807) is 6.07 Å². The Kier molecular flexibility index (Phi) is 7.00. The highest BCUT2D eigenvalue weighted by molar-refractivity contribution is 6.32. The Labute approximate surface area is 137 Å². The summed E-state index contributed by atoms with van der Waals surface area (Å²) in [7, 11) is 1.97. The molecule has 1 aromatic carbocycles. The van der Waals surface area contributed by atoms with Crippen LogP contribution in [0.5, 0.6) is 5.75 Å². The lowest BCUT2D eigenvalue weighted by Crippen LogP contribution is -2.42. The molecule has 1 heterocycles. The summed E-state index contributed by atoms with van der Waals surface area (Å²) in [5.74, 6) is 1.51. The second-order valence-electron chi connectivity index (χ2n) is 5.79. The van der Waals surface area contributed by atoms with Crippen LogP contribution in [-0.2, 0) is 4.79 Å². The molecule has 122 valence electrons. The predicted molar refractivity (Wildman–Crippen MR) is 89.4 cm³/mol. The molecule has 5 heteroatoms. The smallest absolute Gasteiger partial charge is 0.222 e. The lowest BCUT2D eigenvalue weighted by molar-refractivity contribution is -0.133. The van der Waals surface area contributed by atoms with E-state index in [0.29, 0.717) is 29.7 Å². The third-order valence-corrected chi connectivity index (χ3v) is 4.31. The van der Waals surface area contributed by atoms with Crippen LogP contribution in [-0.4, -0.2) is 44.1 Å². The van der Waals surface area contributed by atoms with E-state index >= 15 is 0 Å². The minimum Gasteiger partial charge on any atom is -0.492 e. The maximum atomic E-state index is 12.3. The quantitative estimate of drug-likeness (QED) is 0.784. The SMILES string of the molecule is CNC[C@H]1CCCN(C(=O)CCCOc2ccccc2Cl)C1. The van der Waals surface area contributed by atoms with Gasteiger partial charge < -0.3 is 15.0 Å². The Bertz CT molecular complexity index is 479.